The van der Waals surface area contributed by atoms with Gasteiger partial charge in [-0.2, -0.15) is 0 Å². The zero-order valence-electron chi connectivity index (χ0n) is 22.8. The molecule has 4 unspecified atom stereocenters. The van der Waals surface area contributed by atoms with Gasteiger partial charge in [0.25, 0.3) is 0 Å². The first-order valence-corrected chi connectivity index (χ1v) is 14.7. The van der Waals surface area contributed by atoms with Crippen molar-refractivity contribution in [2.75, 3.05) is 0 Å². The molecule has 0 spiro atoms. The predicted octanol–water partition coefficient (Wildman–Crippen LogP) is 4.52. The highest BCUT2D eigenvalue weighted by atomic mass is 35.5. The largest absolute Gasteiger partial charge is 0.445 e. The summed E-state index contributed by atoms with van der Waals surface area (Å²) in [7, 11) is 0. The molecule has 1 heterocycles. The van der Waals surface area contributed by atoms with Gasteiger partial charge in [0.2, 0.25) is 5.91 Å². The number of nitrogens with one attached hydrogen (secondary N) is 3. The number of benzene rings is 2. The van der Waals surface area contributed by atoms with E-state index in [9.17, 15) is 19.5 Å². The molecule has 2 aliphatic rings. The van der Waals surface area contributed by atoms with Crippen LogP contribution in [0.2, 0.25) is 5.02 Å². The molecule has 1 aliphatic heterocycles. The van der Waals surface area contributed by atoms with Crippen molar-refractivity contribution in [3.63, 3.8) is 0 Å². The second-order valence-electron chi connectivity index (χ2n) is 11.1. The van der Waals surface area contributed by atoms with Gasteiger partial charge in [-0.05, 0) is 54.9 Å². The maximum absolute atomic E-state index is 13.4. The normalized spacial score (nSPS) is 22.7. The Hall–Kier alpha value is -2.94. The van der Waals surface area contributed by atoms with Crippen LogP contribution in [0.5, 0.6) is 0 Å². The molecule has 1 saturated heterocycles. The summed E-state index contributed by atoms with van der Waals surface area (Å²) in [5.41, 5.74) is 1.92. The van der Waals surface area contributed by atoms with Crippen molar-refractivity contribution in [3.05, 3.63) is 70.7 Å². The number of alkyl carbamates (subject to hydrolysis) is 1. The first-order chi connectivity index (χ1) is 19.4. The van der Waals surface area contributed by atoms with Crippen molar-refractivity contribution < 1.29 is 24.2 Å². The Bertz CT molecular complexity index is 1110. The molecule has 2 fully saturated rings. The smallest absolute Gasteiger partial charge is 0.408 e. The van der Waals surface area contributed by atoms with Gasteiger partial charge in [-0.3, -0.25) is 10.1 Å². The second kappa shape index (κ2) is 15.2. The molecule has 0 bridgehead atoms. The fourth-order valence-corrected chi connectivity index (χ4v) is 6.12. The molecule has 4 N–H and O–H groups in total. The number of rotatable bonds is 12. The molecular weight excluding hydrogens is 530 g/mol. The maximum atomic E-state index is 13.4. The molecule has 1 aliphatic carbocycles. The molecule has 8 nitrogen and oxygen atoms in total. The molecule has 1 saturated carbocycles. The van der Waals surface area contributed by atoms with Crippen LogP contribution in [-0.2, 0) is 27.4 Å². The summed E-state index contributed by atoms with van der Waals surface area (Å²) in [5.74, 6) is -0.285. The molecule has 0 aromatic heterocycles. The summed E-state index contributed by atoms with van der Waals surface area (Å²) in [6, 6.07) is 15.6. The number of aliphatic hydroxyl groups is 1. The van der Waals surface area contributed by atoms with Gasteiger partial charge in [-0.25, -0.2) is 4.79 Å². The van der Waals surface area contributed by atoms with Crippen LogP contribution in [0.4, 0.5) is 4.79 Å². The minimum atomic E-state index is -0.824. The summed E-state index contributed by atoms with van der Waals surface area (Å²) in [6.45, 7) is 0.0256. The average Bonchev–Trinajstić information content (AvgIpc) is 3.30. The predicted molar refractivity (Wildman–Crippen MR) is 154 cm³/mol. The Labute approximate surface area is 241 Å². The number of hydrogen-bond donors (Lipinski definition) is 4. The fourth-order valence-electron chi connectivity index (χ4n) is 5.91. The van der Waals surface area contributed by atoms with Crippen LogP contribution in [0, 0.1) is 11.8 Å². The monoisotopic (exact) mass is 569 g/mol. The molecule has 216 valence electrons. The summed E-state index contributed by atoms with van der Waals surface area (Å²) in [6.07, 6.45) is 6.91. The van der Waals surface area contributed by atoms with Crippen molar-refractivity contribution in [2.45, 2.75) is 88.7 Å². The summed E-state index contributed by atoms with van der Waals surface area (Å²) >= 11 is 6.01. The van der Waals surface area contributed by atoms with Crippen molar-refractivity contribution in [1.82, 2.24) is 16.0 Å². The second-order valence-corrected chi connectivity index (χ2v) is 11.6. The van der Waals surface area contributed by atoms with Crippen LogP contribution in [-0.4, -0.2) is 47.7 Å². The van der Waals surface area contributed by atoms with Crippen LogP contribution in [0.3, 0.4) is 0 Å². The Morgan fingerprint density at radius 3 is 2.50 bits per heavy atom. The lowest BCUT2D eigenvalue weighted by Gasteiger charge is -2.27. The molecule has 40 heavy (non-hydrogen) atoms. The van der Waals surface area contributed by atoms with Crippen LogP contribution in [0.15, 0.2) is 54.6 Å². The van der Waals surface area contributed by atoms with Gasteiger partial charge in [0.05, 0.1) is 6.04 Å². The lowest BCUT2D eigenvalue weighted by Crippen LogP contribution is -2.51. The minimum Gasteiger partial charge on any atom is -0.445 e. The van der Waals surface area contributed by atoms with Crippen molar-refractivity contribution in [2.24, 2.45) is 11.8 Å². The number of aldehydes is 1. The Kier molecular flexibility index (Phi) is 11.4. The van der Waals surface area contributed by atoms with E-state index >= 15 is 0 Å². The average molecular weight is 570 g/mol. The highest BCUT2D eigenvalue weighted by Gasteiger charge is 2.35. The SMILES string of the molecule is O=CC(CC1CC(Cc2ccccc2)NC1O)NC(=O)[C@H](CC1CCCCC1)NC(=O)OCc1cccc(Cl)c1. The zero-order chi connectivity index (χ0) is 28.3. The van der Waals surface area contributed by atoms with E-state index in [1.54, 1.807) is 24.3 Å². The number of aliphatic hydroxyl groups excluding tert-OH is 1. The topological polar surface area (TPSA) is 117 Å². The van der Waals surface area contributed by atoms with Gasteiger partial charge >= 0.3 is 6.09 Å². The molecule has 0 radical (unpaired) electrons. The van der Waals surface area contributed by atoms with E-state index in [-0.39, 0.29) is 18.6 Å². The van der Waals surface area contributed by atoms with Crippen molar-refractivity contribution >= 4 is 29.9 Å². The Balaban J connectivity index is 1.33. The quantitative estimate of drug-likeness (QED) is 0.279. The zero-order valence-corrected chi connectivity index (χ0v) is 23.5. The van der Waals surface area contributed by atoms with E-state index in [1.165, 1.54) is 12.0 Å². The fraction of sp³-hybridized carbons (Fsp3) is 0.516. The first-order valence-electron chi connectivity index (χ1n) is 14.3. The summed E-state index contributed by atoms with van der Waals surface area (Å²) in [4.78, 5) is 38.0. The first kappa shape index (κ1) is 30.0. The third-order valence-electron chi connectivity index (χ3n) is 7.98. The molecule has 5 atom stereocenters. The van der Waals surface area contributed by atoms with Gasteiger partial charge in [0.1, 0.15) is 25.2 Å². The Morgan fingerprint density at radius 1 is 1.02 bits per heavy atom. The van der Waals surface area contributed by atoms with E-state index in [0.717, 1.165) is 37.7 Å². The molecular formula is C31H40ClN3O5. The standard InChI is InChI=1S/C31H40ClN3O5/c32-25-13-7-12-23(14-25)20-40-31(39)35-28(16-22-10-5-2-6-11-22)30(38)34-27(19-36)18-24-17-26(33-29(24)37)15-21-8-3-1-4-9-21/h1,3-4,7-9,12-14,19,22,24,26-29,33,37H,2,5-6,10-11,15-18,20H2,(H,34,38)(H,35,39)/t24?,26?,27?,28-,29?/m0/s1. The lowest BCUT2D eigenvalue weighted by atomic mass is 9.84. The van der Waals surface area contributed by atoms with Crippen LogP contribution >= 0.6 is 11.6 Å². The number of halogens is 1. The molecule has 2 amide bonds. The Morgan fingerprint density at radius 2 is 1.77 bits per heavy atom. The molecule has 2 aromatic rings. The van der Waals surface area contributed by atoms with Gasteiger partial charge < -0.3 is 25.3 Å². The van der Waals surface area contributed by atoms with Gasteiger partial charge in [0, 0.05) is 17.0 Å². The highest BCUT2D eigenvalue weighted by Crippen LogP contribution is 2.28. The van der Waals surface area contributed by atoms with Crippen molar-refractivity contribution in [3.8, 4) is 0 Å². The highest BCUT2D eigenvalue weighted by molar-refractivity contribution is 6.30. The number of hydrogen-bond acceptors (Lipinski definition) is 6. The summed E-state index contributed by atoms with van der Waals surface area (Å²) < 4.78 is 5.37. The third kappa shape index (κ3) is 9.32. The number of amides is 2. The van der Waals surface area contributed by atoms with Crippen LogP contribution in [0.25, 0.3) is 0 Å². The van der Waals surface area contributed by atoms with Gasteiger partial charge in [0.15, 0.2) is 0 Å². The molecule has 4 rings (SSSR count). The lowest BCUT2D eigenvalue weighted by molar-refractivity contribution is -0.126. The van der Waals surface area contributed by atoms with Crippen molar-refractivity contribution in [1.29, 1.82) is 0 Å². The number of ether oxygens (including phenoxy) is 1. The van der Waals surface area contributed by atoms with E-state index in [4.69, 9.17) is 16.3 Å². The minimum absolute atomic E-state index is 0.0256. The van der Waals surface area contributed by atoms with E-state index in [2.05, 4.69) is 28.1 Å². The maximum Gasteiger partial charge on any atom is 0.408 e. The third-order valence-corrected chi connectivity index (χ3v) is 8.21. The van der Waals surface area contributed by atoms with Gasteiger partial charge in [-0.15, -0.1) is 0 Å². The number of carbonyl (C=O) groups excluding carboxylic acids is 3. The van der Waals surface area contributed by atoms with Crippen LogP contribution < -0.4 is 16.0 Å². The van der Waals surface area contributed by atoms with Gasteiger partial charge in [-0.1, -0.05) is 86.2 Å². The van der Waals surface area contributed by atoms with E-state index in [1.807, 2.05) is 18.2 Å². The molecule has 2 aromatic carbocycles. The van der Waals surface area contributed by atoms with E-state index < -0.39 is 30.3 Å². The molecule has 9 heteroatoms. The number of carbonyl (C=O) groups is 3. The van der Waals surface area contributed by atoms with E-state index in [0.29, 0.717) is 36.5 Å². The van der Waals surface area contributed by atoms with Crippen LogP contribution in [0.1, 0.15) is 62.5 Å². The summed E-state index contributed by atoms with van der Waals surface area (Å²) in [5, 5.41) is 19.9.